The van der Waals surface area contributed by atoms with E-state index in [0.29, 0.717) is 0 Å². The third-order valence-corrected chi connectivity index (χ3v) is 4.95. The van der Waals surface area contributed by atoms with Gasteiger partial charge >= 0.3 is 0 Å². The molecule has 1 aliphatic heterocycles. The van der Waals surface area contributed by atoms with E-state index in [-0.39, 0.29) is 5.54 Å². The number of halogens is 2. The molecule has 0 aromatic heterocycles. The van der Waals surface area contributed by atoms with Crippen LogP contribution in [0.5, 0.6) is 0 Å². The van der Waals surface area contributed by atoms with Crippen LogP contribution in [0.25, 0.3) is 0 Å². The van der Waals surface area contributed by atoms with E-state index in [1.807, 2.05) is 0 Å². The van der Waals surface area contributed by atoms with Crippen molar-refractivity contribution in [2.45, 2.75) is 24.7 Å². The molecule has 0 atom stereocenters. The molecule has 1 aromatic rings. The Bertz CT molecular complexity index is 432. The molecule has 0 radical (unpaired) electrons. The van der Waals surface area contributed by atoms with Gasteiger partial charge in [0.05, 0.1) is 0 Å². The van der Waals surface area contributed by atoms with Crippen molar-refractivity contribution in [2.75, 3.05) is 31.6 Å². The first-order valence-corrected chi connectivity index (χ1v) is 8.16. The van der Waals surface area contributed by atoms with E-state index in [2.05, 4.69) is 80.8 Å². The molecule has 0 aliphatic carbocycles. The number of anilines is 1. The molecule has 1 heterocycles. The fourth-order valence-electron chi connectivity index (χ4n) is 2.39. The SMILES string of the molecule is CN1CCN(c2cc(Br)ccc2CBr)CC1(C)C. The van der Waals surface area contributed by atoms with Crippen molar-refractivity contribution in [3.63, 3.8) is 0 Å². The highest BCUT2D eigenvalue weighted by molar-refractivity contribution is 9.10. The van der Waals surface area contributed by atoms with Gasteiger partial charge in [0.2, 0.25) is 0 Å². The lowest BCUT2D eigenvalue weighted by atomic mass is 9.98. The molecular weight excluding hydrogens is 356 g/mol. The molecule has 2 nitrogen and oxygen atoms in total. The third kappa shape index (κ3) is 2.91. The predicted octanol–water partition coefficient (Wildman–Crippen LogP) is 3.87. The lowest BCUT2D eigenvalue weighted by Crippen LogP contribution is -2.57. The Hall–Kier alpha value is -0.0600. The normalized spacial score (nSPS) is 20.2. The van der Waals surface area contributed by atoms with Gasteiger partial charge in [0.1, 0.15) is 0 Å². The van der Waals surface area contributed by atoms with E-state index in [1.165, 1.54) is 11.3 Å². The second-order valence-electron chi connectivity index (χ2n) is 5.56. The zero-order valence-electron chi connectivity index (χ0n) is 11.2. The molecule has 0 amide bonds. The van der Waals surface area contributed by atoms with Crippen LogP contribution in [-0.4, -0.2) is 37.1 Å². The summed E-state index contributed by atoms with van der Waals surface area (Å²) in [5.41, 5.74) is 2.94. The van der Waals surface area contributed by atoms with E-state index in [4.69, 9.17) is 0 Å². The molecule has 0 saturated carbocycles. The van der Waals surface area contributed by atoms with Gasteiger partial charge in [-0.15, -0.1) is 0 Å². The minimum Gasteiger partial charge on any atom is -0.368 e. The standard InChI is InChI=1S/C14H20Br2N2/c1-14(2)10-18(7-6-17(14)3)13-8-12(16)5-4-11(13)9-15/h4-5,8H,6-7,9-10H2,1-3H3. The van der Waals surface area contributed by atoms with Crippen molar-refractivity contribution < 1.29 is 0 Å². The zero-order valence-corrected chi connectivity index (χ0v) is 14.4. The number of rotatable bonds is 2. The topological polar surface area (TPSA) is 6.48 Å². The molecule has 1 aliphatic rings. The first kappa shape index (κ1) is 14.4. The van der Waals surface area contributed by atoms with Crippen molar-refractivity contribution in [1.82, 2.24) is 4.90 Å². The number of hydrogen-bond acceptors (Lipinski definition) is 2. The van der Waals surface area contributed by atoms with Crippen LogP contribution in [0.2, 0.25) is 0 Å². The molecule has 0 spiro atoms. The Kier molecular flexibility index (Phi) is 4.40. The first-order valence-electron chi connectivity index (χ1n) is 6.24. The van der Waals surface area contributed by atoms with Gasteiger partial charge in [0, 0.05) is 40.7 Å². The van der Waals surface area contributed by atoms with Crippen LogP contribution < -0.4 is 4.90 Å². The monoisotopic (exact) mass is 374 g/mol. The number of benzene rings is 1. The Morgan fingerprint density at radius 3 is 2.61 bits per heavy atom. The largest absolute Gasteiger partial charge is 0.368 e. The van der Waals surface area contributed by atoms with E-state index in [1.54, 1.807) is 0 Å². The van der Waals surface area contributed by atoms with Crippen molar-refractivity contribution in [2.24, 2.45) is 0 Å². The van der Waals surface area contributed by atoms with Crippen molar-refractivity contribution >= 4 is 37.5 Å². The summed E-state index contributed by atoms with van der Waals surface area (Å²) in [4.78, 5) is 4.94. The van der Waals surface area contributed by atoms with Crippen molar-refractivity contribution in [3.05, 3.63) is 28.2 Å². The van der Waals surface area contributed by atoms with Crippen LogP contribution in [0.3, 0.4) is 0 Å². The van der Waals surface area contributed by atoms with Crippen molar-refractivity contribution in [3.8, 4) is 0 Å². The Balaban J connectivity index is 2.29. The summed E-state index contributed by atoms with van der Waals surface area (Å²) < 4.78 is 1.15. The number of piperazine rings is 1. The van der Waals surface area contributed by atoms with E-state index < -0.39 is 0 Å². The Morgan fingerprint density at radius 2 is 2.00 bits per heavy atom. The molecule has 0 bridgehead atoms. The van der Waals surface area contributed by atoms with Gasteiger partial charge in [0.25, 0.3) is 0 Å². The lowest BCUT2D eigenvalue weighted by molar-refractivity contribution is 0.139. The highest BCUT2D eigenvalue weighted by Crippen LogP contribution is 2.30. The highest BCUT2D eigenvalue weighted by atomic mass is 79.9. The molecule has 1 aromatic carbocycles. The summed E-state index contributed by atoms with van der Waals surface area (Å²) >= 11 is 7.17. The summed E-state index contributed by atoms with van der Waals surface area (Å²) in [6.45, 7) is 7.90. The minimum atomic E-state index is 0.226. The fraction of sp³-hybridized carbons (Fsp3) is 0.571. The van der Waals surface area contributed by atoms with Crippen LogP contribution in [-0.2, 0) is 5.33 Å². The predicted molar refractivity (Wildman–Crippen MR) is 85.7 cm³/mol. The van der Waals surface area contributed by atoms with Crippen LogP contribution >= 0.6 is 31.9 Å². The first-order chi connectivity index (χ1) is 8.44. The summed E-state index contributed by atoms with van der Waals surface area (Å²) in [6, 6.07) is 6.54. The fourth-order valence-corrected chi connectivity index (χ4v) is 3.21. The van der Waals surface area contributed by atoms with Crippen molar-refractivity contribution in [1.29, 1.82) is 0 Å². The van der Waals surface area contributed by atoms with Gasteiger partial charge in [-0.2, -0.15) is 0 Å². The molecule has 18 heavy (non-hydrogen) atoms. The average molecular weight is 376 g/mol. The molecule has 100 valence electrons. The number of likely N-dealkylation sites (N-methyl/N-ethyl adjacent to an activating group) is 1. The number of nitrogens with zero attached hydrogens (tertiary/aromatic N) is 2. The van der Waals surface area contributed by atoms with Crippen LogP contribution in [0.15, 0.2) is 22.7 Å². The minimum absolute atomic E-state index is 0.226. The van der Waals surface area contributed by atoms with Gasteiger partial charge in [-0.05, 0) is 38.6 Å². The van der Waals surface area contributed by atoms with Crippen LogP contribution in [0.4, 0.5) is 5.69 Å². The second kappa shape index (κ2) is 5.51. The summed E-state index contributed by atoms with van der Waals surface area (Å²) in [6.07, 6.45) is 0. The molecule has 4 heteroatoms. The maximum Gasteiger partial charge on any atom is 0.0419 e. The maximum atomic E-state index is 3.59. The van der Waals surface area contributed by atoms with Crippen LogP contribution in [0.1, 0.15) is 19.4 Å². The lowest BCUT2D eigenvalue weighted by Gasteiger charge is -2.46. The number of hydrogen-bond donors (Lipinski definition) is 0. The highest BCUT2D eigenvalue weighted by Gasteiger charge is 2.31. The van der Waals surface area contributed by atoms with Gasteiger partial charge < -0.3 is 4.90 Å². The van der Waals surface area contributed by atoms with Gasteiger partial charge in [-0.1, -0.05) is 37.9 Å². The molecule has 1 saturated heterocycles. The second-order valence-corrected chi connectivity index (χ2v) is 7.04. The van der Waals surface area contributed by atoms with E-state index in [9.17, 15) is 0 Å². The van der Waals surface area contributed by atoms with Gasteiger partial charge in [0.15, 0.2) is 0 Å². The van der Waals surface area contributed by atoms with E-state index in [0.717, 1.165) is 29.4 Å². The molecule has 1 fully saturated rings. The smallest absolute Gasteiger partial charge is 0.0419 e. The summed E-state index contributed by atoms with van der Waals surface area (Å²) in [5, 5.41) is 0.905. The summed E-state index contributed by atoms with van der Waals surface area (Å²) in [7, 11) is 2.21. The summed E-state index contributed by atoms with van der Waals surface area (Å²) in [5.74, 6) is 0. The van der Waals surface area contributed by atoms with Crippen LogP contribution in [0, 0.1) is 0 Å². The van der Waals surface area contributed by atoms with Gasteiger partial charge in [-0.3, -0.25) is 4.90 Å². The molecule has 2 rings (SSSR count). The van der Waals surface area contributed by atoms with E-state index >= 15 is 0 Å². The van der Waals surface area contributed by atoms with Gasteiger partial charge in [-0.25, -0.2) is 0 Å². The molecular formula is C14H20Br2N2. The Morgan fingerprint density at radius 1 is 1.28 bits per heavy atom. The quantitative estimate of drug-likeness (QED) is 0.724. The number of alkyl halides is 1. The maximum absolute atomic E-state index is 3.59. The zero-order chi connectivity index (χ0) is 13.3. The Labute approximate surface area is 127 Å². The third-order valence-electron chi connectivity index (χ3n) is 3.85. The molecule has 0 unspecified atom stereocenters. The average Bonchev–Trinajstić information content (AvgIpc) is 2.32. The molecule has 0 N–H and O–H groups in total.